The second kappa shape index (κ2) is 7.36. The summed E-state index contributed by atoms with van der Waals surface area (Å²) in [7, 11) is 0. The van der Waals surface area contributed by atoms with E-state index < -0.39 is 17.8 Å². The Labute approximate surface area is 121 Å². The lowest BCUT2D eigenvalue weighted by Crippen LogP contribution is -2.33. The lowest BCUT2D eigenvalue weighted by molar-refractivity contribution is -0.141. The van der Waals surface area contributed by atoms with Gasteiger partial charge in [0.1, 0.15) is 0 Å². The summed E-state index contributed by atoms with van der Waals surface area (Å²) in [6, 6.07) is 4.56. The number of carbonyl (C=O) groups excluding carboxylic acids is 1. The lowest BCUT2D eigenvalue weighted by Gasteiger charge is -2.13. The van der Waals surface area contributed by atoms with Crippen molar-refractivity contribution in [3.63, 3.8) is 0 Å². The van der Waals surface area contributed by atoms with E-state index in [1.54, 1.807) is 6.07 Å². The van der Waals surface area contributed by atoms with Crippen LogP contribution in [-0.4, -0.2) is 23.5 Å². The highest BCUT2D eigenvalue weighted by Crippen LogP contribution is 2.20. The number of carboxylic acid groups (broad SMARTS) is 1. The fraction of sp³-hybridized carbons (Fsp3) is 0.385. The average Bonchev–Trinajstić information content (AvgIpc) is 2.36. The van der Waals surface area contributed by atoms with Gasteiger partial charge in [0.05, 0.1) is 16.5 Å². The minimum absolute atomic E-state index is 0.0743. The van der Waals surface area contributed by atoms with Crippen molar-refractivity contribution in [1.82, 2.24) is 5.32 Å². The predicted molar refractivity (Wildman–Crippen MR) is 74.8 cm³/mol. The van der Waals surface area contributed by atoms with Crippen LogP contribution in [0.15, 0.2) is 18.2 Å². The molecule has 0 aliphatic rings. The first-order chi connectivity index (χ1) is 8.95. The molecule has 0 aliphatic heterocycles. The second-order valence-electron chi connectivity index (χ2n) is 4.16. The number of carboxylic acids is 1. The van der Waals surface area contributed by atoms with Crippen molar-refractivity contribution < 1.29 is 14.7 Å². The van der Waals surface area contributed by atoms with Gasteiger partial charge in [0.15, 0.2) is 0 Å². The third-order valence-corrected chi connectivity index (χ3v) is 3.23. The summed E-state index contributed by atoms with van der Waals surface area (Å²) in [5.41, 5.74) is 0.245. The molecular formula is C13H15Cl2NO3. The Morgan fingerprint density at radius 1 is 1.37 bits per heavy atom. The van der Waals surface area contributed by atoms with E-state index in [4.69, 9.17) is 28.3 Å². The number of carbonyl (C=O) groups is 2. The Morgan fingerprint density at radius 2 is 2.05 bits per heavy atom. The summed E-state index contributed by atoms with van der Waals surface area (Å²) in [6.07, 6.45) is 1.25. The molecule has 0 spiro atoms. The Hall–Kier alpha value is -1.26. The van der Waals surface area contributed by atoms with Crippen molar-refractivity contribution in [2.75, 3.05) is 6.54 Å². The number of nitrogens with one attached hydrogen (secondary N) is 1. The van der Waals surface area contributed by atoms with E-state index in [9.17, 15) is 9.59 Å². The third kappa shape index (κ3) is 4.73. The van der Waals surface area contributed by atoms with Crippen LogP contribution in [0.2, 0.25) is 10.0 Å². The number of aliphatic carboxylic acids is 1. The molecule has 6 heteroatoms. The molecule has 1 amide bonds. The van der Waals surface area contributed by atoms with Gasteiger partial charge in [-0.2, -0.15) is 0 Å². The molecule has 1 aromatic rings. The van der Waals surface area contributed by atoms with Gasteiger partial charge in [0.2, 0.25) is 0 Å². The van der Waals surface area contributed by atoms with Gasteiger partial charge in [-0.05, 0) is 24.6 Å². The fourth-order valence-corrected chi connectivity index (χ4v) is 2.02. The minimum atomic E-state index is -0.917. The first-order valence-corrected chi connectivity index (χ1v) is 6.67. The van der Waals surface area contributed by atoms with E-state index >= 15 is 0 Å². The average molecular weight is 304 g/mol. The quantitative estimate of drug-likeness (QED) is 0.848. The van der Waals surface area contributed by atoms with Crippen LogP contribution >= 0.6 is 23.2 Å². The molecule has 1 unspecified atom stereocenters. The highest BCUT2D eigenvalue weighted by Gasteiger charge is 2.18. The van der Waals surface area contributed by atoms with E-state index in [0.717, 1.165) is 6.42 Å². The van der Waals surface area contributed by atoms with Crippen LogP contribution in [0.4, 0.5) is 0 Å². The summed E-state index contributed by atoms with van der Waals surface area (Å²) >= 11 is 11.7. The largest absolute Gasteiger partial charge is 0.481 e. The van der Waals surface area contributed by atoms with E-state index in [2.05, 4.69) is 5.32 Å². The number of benzene rings is 1. The van der Waals surface area contributed by atoms with Crippen molar-refractivity contribution >= 4 is 35.1 Å². The number of rotatable bonds is 6. The van der Waals surface area contributed by atoms with Gasteiger partial charge in [-0.1, -0.05) is 36.5 Å². The normalized spacial score (nSPS) is 11.9. The number of amides is 1. The van der Waals surface area contributed by atoms with Gasteiger partial charge < -0.3 is 10.4 Å². The van der Waals surface area contributed by atoms with Gasteiger partial charge in [0, 0.05) is 11.6 Å². The van der Waals surface area contributed by atoms with Crippen molar-refractivity contribution in [2.45, 2.75) is 19.8 Å². The second-order valence-corrected chi connectivity index (χ2v) is 5.00. The maximum atomic E-state index is 11.9. The van der Waals surface area contributed by atoms with Crippen molar-refractivity contribution in [3.05, 3.63) is 33.8 Å². The van der Waals surface area contributed by atoms with E-state index in [1.165, 1.54) is 12.1 Å². The first-order valence-electron chi connectivity index (χ1n) is 5.91. The summed E-state index contributed by atoms with van der Waals surface area (Å²) in [4.78, 5) is 22.9. The van der Waals surface area contributed by atoms with Crippen LogP contribution in [0.5, 0.6) is 0 Å². The van der Waals surface area contributed by atoms with Gasteiger partial charge in [-0.15, -0.1) is 0 Å². The molecule has 1 rings (SSSR count). The Bertz CT molecular complexity index is 477. The topological polar surface area (TPSA) is 66.4 Å². The van der Waals surface area contributed by atoms with Gasteiger partial charge in [-0.3, -0.25) is 9.59 Å². The summed E-state index contributed by atoms with van der Waals surface area (Å²) in [5.74, 6) is -1.93. The van der Waals surface area contributed by atoms with Crippen LogP contribution in [0.1, 0.15) is 30.1 Å². The van der Waals surface area contributed by atoms with Crippen LogP contribution < -0.4 is 5.32 Å². The van der Waals surface area contributed by atoms with E-state index in [0.29, 0.717) is 11.4 Å². The molecule has 0 aromatic heterocycles. The molecule has 0 radical (unpaired) electrons. The molecule has 0 saturated heterocycles. The molecular weight excluding hydrogens is 289 g/mol. The predicted octanol–water partition coefficient (Wildman–Crippen LogP) is 3.22. The maximum Gasteiger partial charge on any atom is 0.308 e. The van der Waals surface area contributed by atoms with Gasteiger partial charge in [0.25, 0.3) is 5.91 Å². The molecule has 0 fully saturated rings. The molecule has 0 heterocycles. The zero-order valence-corrected chi connectivity index (χ0v) is 12.0. The minimum Gasteiger partial charge on any atom is -0.481 e. The monoisotopic (exact) mass is 303 g/mol. The zero-order valence-electron chi connectivity index (χ0n) is 10.5. The van der Waals surface area contributed by atoms with Gasteiger partial charge >= 0.3 is 5.97 Å². The Kier molecular flexibility index (Phi) is 6.12. The zero-order chi connectivity index (χ0) is 14.4. The molecule has 0 aliphatic carbocycles. The van der Waals surface area contributed by atoms with E-state index in [1.807, 2.05) is 6.92 Å². The van der Waals surface area contributed by atoms with Gasteiger partial charge in [-0.25, -0.2) is 0 Å². The lowest BCUT2D eigenvalue weighted by atomic mass is 10.0. The molecule has 4 nitrogen and oxygen atoms in total. The summed E-state index contributed by atoms with van der Waals surface area (Å²) < 4.78 is 0. The van der Waals surface area contributed by atoms with Crippen molar-refractivity contribution in [1.29, 1.82) is 0 Å². The summed E-state index contributed by atoms with van der Waals surface area (Å²) in [6.45, 7) is 1.97. The third-order valence-electron chi connectivity index (χ3n) is 2.67. The number of hydrogen-bond acceptors (Lipinski definition) is 2. The van der Waals surface area contributed by atoms with Crippen LogP contribution in [0.3, 0.4) is 0 Å². The molecule has 2 N–H and O–H groups in total. The molecule has 1 atom stereocenters. The Balaban J connectivity index is 2.69. The fourth-order valence-electron chi connectivity index (χ4n) is 1.64. The number of halogens is 2. The molecule has 19 heavy (non-hydrogen) atoms. The molecule has 1 aromatic carbocycles. The number of hydrogen-bond donors (Lipinski definition) is 2. The smallest absolute Gasteiger partial charge is 0.308 e. The standard InChI is InChI=1S/C13H15Cl2NO3/c1-2-3-8(13(18)19)7-16-12(17)10-6-9(14)4-5-11(10)15/h4-6,8H,2-3,7H2,1H3,(H,16,17)(H,18,19). The highest BCUT2D eigenvalue weighted by molar-refractivity contribution is 6.35. The van der Waals surface area contributed by atoms with Crippen LogP contribution in [0.25, 0.3) is 0 Å². The Morgan fingerprint density at radius 3 is 2.63 bits per heavy atom. The van der Waals surface area contributed by atoms with Crippen molar-refractivity contribution in [2.24, 2.45) is 5.92 Å². The first kappa shape index (κ1) is 15.8. The maximum absolute atomic E-state index is 11.9. The molecule has 0 saturated carbocycles. The SMILES string of the molecule is CCCC(CNC(=O)c1cc(Cl)ccc1Cl)C(=O)O. The van der Waals surface area contributed by atoms with Crippen molar-refractivity contribution in [3.8, 4) is 0 Å². The molecule has 104 valence electrons. The van der Waals surface area contributed by atoms with E-state index in [-0.39, 0.29) is 17.1 Å². The summed E-state index contributed by atoms with van der Waals surface area (Å²) in [5, 5.41) is 12.2. The van der Waals surface area contributed by atoms with Crippen LogP contribution in [-0.2, 0) is 4.79 Å². The highest BCUT2D eigenvalue weighted by atomic mass is 35.5. The molecule has 0 bridgehead atoms. The van der Waals surface area contributed by atoms with Crippen LogP contribution in [0, 0.1) is 5.92 Å².